The molecule has 3 aliphatic rings. The number of carbonyl (C=O) groups is 2. The van der Waals surface area contributed by atoms with Gasteiger partial charge in [-0.2, -0.15) is 0 Å². The van der Waals surface area contributed by atoms with Crippen molar-refractivity contribution < 1.29 is 23.8 Å². The molecule has 2 saturated heterocycles. The summed E-state index contributed by atoms with van der Waals surface area (Å²) in [7, 11) is 0. The maximum atomic E-state index is 12.4. The second kappa shape index (κ2) is 5.93. The van der Waals surface area contributed by atoms with Gasteiger partial charge in [-0.05, 0) is 26.2 Å². The summed E-state index contributed by atoms with van der Waals surface area (Å²) in [6, 6.07) is 0. The monoisotopic (exact) mass is 297 g/mol. The number of carbonyl (C=O) groups excluding carboxylic acids is 2. The third kappa shape index (κ3) is 2.66. The van der Waals surface area contributed by atoms with Crippen LogP contribution in [-0.2, 0) is 23.8 Å². The molecule has 3 fully saturated rings. The van der Waals surface area contributed by atoms with Crippen molar-refractivity contribution in [3.05, 3.63) is 0 Å². The Hall–Kier alpha value is -1.14. The molecule has 1 amide bonds. The molecule has 2 unspecified atom stereocenters. The Labute approximate surface area is 124 Å². The van der Waals surface area contributed by atoms with E-state index in [1.54, 1.807) is 11.8 Å². The molecule has 0 bridgehead atoms. The molecule has 1 saturated carbocycles. The third-order valence-corrected chi connectivity index (χ3v) is 4.48. The molecule has 0 spiro atoms. The third-order valence-electron chi connectivity index (χ3n) is 4.48. The minimum absolute atomic E-state index is 0.119. The van der Waals surface area contributed by atoms with Gasteiger partial charge in [-0.3, -0.25) is 9.69 Å². The molecule has 2 heterocycles. The van der Waals surface area contributed by atoms with Crippen LogP contribution in [0.4, 0.5) is 0 Å². The number of ether oxygens (including phenoxy) is 3. The Bertz CT molecular complexity index is 420. The van der Waals surface area contributed by atoms with Crippen molar-refractivity contribution >= 4 is 11.9 Å². The van der Waals surface area contributed by atoms with E-state index in [4.69, 9.17) is 14.2 Å². The summed E-state index contributed by atoms with van der Waals surface area (Å²) in [5, 5.41) is 0. The van der Waals surface area contributed by atoms with Crippen LogP contribution >= 0.6 is 0 Å². The number of hydrogen-bond donors (Lipinski definition) is 0. The number of nitrogens with zero attached hydrogens (tertiary/aromatic N) is 1. The summed E-state index contributed by atoms with van der Waals surface area (Å²) >= 11 is 0. The van der Waals surface area contributed by atoms with Crippen molar-refractivity contribution in [3.63, 3.8) is 0 Å². The van der Waals surface area contributed by atoms with Crippen LogP contribution < -0.4 is 0 Å². The van der Waals surface area contributed by atoms with Gasteiger partial charge in [-0.15, -0.1) is 0 Å². The first kappa shape index (κ1) is 14.8. The predicted octanol–water partition coefficient (Wildman–Crippen LogP) is 1.57. The first-order valence-corrected chi connectivity index (χ1v) is 8.00. The highest BCUT2D eigenvalue weighted by atomic mass is 16.8. The summed E-state index contributed by atoms with van der Waals surface area (Å²) < 4.78 is 16.9. The van der Waals surface area contributed by atoms with Gasteiger partial charge in [0.25, 0.3) is 11.8 Å². The van der Waals surface area contributed by atoms with Crippen LogP contribution in [0, 0.1) is 0 Å². The lowest BCUT2D eigenvalue weighted by molar-refractivity contribution is -0.293. The van der Waals surface area contributed by atoms with E-state index in [9.17, 15) is 9.59 Å². The van der Waals surface area contributed by atoms with Gasteiger partial charge in [0.1, 0.15) is 0 Å². The molecule has 1 aliphatic carbocycles. The van der Waals surface area contributed by atoms with Gasteiger partial charge in [-0.1, -0.05) is 19.3 Å². The molecule has 21 heavy (non-hydrogen) atoms. The van der Waals surface area contributed by atoms with Crippen LogP contribution in [0.3, 0.4) is 0 Å². The summed E-state index contributed by atoms with van der Waals surface area (Å²) in [6.45, 7) is 2.54. The minimum Gasteiger partial charge on any atom is -0.464 e. The Morgan fingerprint density at radius 2 is 2.10 bits per heavy atom. The van der Waals surface area contributed by atoms with E-state index in [1.165, 1.54) is 6.42 Å². The van der Waals surface area contributed by atoms with E-state index in [1.807, 2.05) is 0 Å². The maximum absolute atomic E-state index is 12.4. The molecular formula is C15H23NO5. The maximum Gasteiger partial charge on any atom is 0.345 e. The van der Waals surface area contributed by atoms with Gasteiger partial charge in [0, 0.05) is 13.0 Å². The van der Waals surface area contributed by atoms with E-state index in [0.717, 1.165) is 32.1 Å². The fourth-order valence-electron chi connectivity index (χ4n) is 3.50. The minimum atomic E-state index is -1.16. The average molecular weight is 297 g/mol. The second-order valence-electron chi connectivity index (χ2n) is 5.93. The van der Waals surface area contributed by atoms with E-state index >= 15 is 0 Å². The second-order valence-corrected chi connectivity index (χ2v) is 5.93. The summed E-state index contributed by atoms with van der Waals surface area (Å²) in [4.78, 5) is 25.8. The lowest BCUT2D eigenvalue weighted by Gasteiger charge is -2.35. The highest BCUT2D eigenvalue weighted by Gasteiger charge is 2.59. The molecule has 2 atom stereocenters. The SMILES string of the molecule is CCOC(=O)C1OC2(OC3CCCCC3)CCCN2C1=O. The first-order chi connectivity index (χ1) is 10.2. The van der Waals surface area contributed by atoms with Crippen LogP contribution in [0.15, 0.2) is 0 Å². The standard InChI is InChI=1S/C15H23NO5/c1-2-19-14(18)12-13(17)16-10-6-9-15(16,21-12)20-11-7-4-3-5-8-11/h11-12H,2-10H2,1H3. The Morgan fingerprint density at radius 3 is 2.81 bits per heavy atom. The summed E-state index contributed by atoms with van der Waals surface area (Å²) in [5.41, 5.74) is 0. The van der Waals surface area contributed by atoms with E-state index in [-0.39, 0.29) is 18.6 Å². The zero-order valence-corrected chi connectivity index (χ0v) is 12.5. The lowest BCUT2D eigenvalue weighted by atomic mass is 9.97. The van der Waals surface area contributed by atoms with E-state index in [2.05, 4.69) is 0 Å². The van der Waals surface area contributed by atoms with Gasteiger partial charge in [0.2, 0.25) is 6.10 Å². The van der Waals surface area contributed by atoms with Crippen molar-refractivity contribution in [2.45, 2.75) is 70.0 Å². The largest absolute Gasteiger partial charge is 0.464 e. The topological polar surface area (TPSA) is 65.1 Å². The quantitative estimate of drug-likeness (QED) is 0.582. The summed E-state index contributed by atoms with van der Waals surface area (Å²) in [5.74, 6) is -1.96. The van der Waals surface area contributed by atoms with Crippen molar-refractivity contribution in [2.75, 3.05) is 13.2 Å². The van der Waals surface area contributed by atoms with Crippen LogP contribution in [0.1, 0.15) is 51.9 Å². The average Bonchev–Trinajstić information content (AvgIpc) is 2.99. The normalized spacial score (nSPS) is 33.3. The number of rotatable bonds is 4. The number of fused-ring (bicyclic) bond motifs is 1. The molecular weight excluding hydrogens is 274 g/mol. The Morgan fingerprint density at radius 1 is 1.33 bits per heavy atom. The number of esters is 1. The van der Waals surface area contributed by atoms with Crippen LogP contribution in [0.5, 0.6) is 0 Å². The highest BCUT2D eigenvalue weighted by Crippen LogP contribution is 2.41. The molecule has 6 heteroatoms. The highest BCUT2D eigenvalue weighted by molar-refractivity contribution is 6.02. The predicted molar refractivity (Wildman–Crippen MR) is 73.1 cm³/mol. The smallest absolute Gasteiger partial charge is 0.345 e. The van der Waals surface area contributed by atoms with Gasteiger partial charge in [-0.25, -0.2) is 4.79 Å². The molecule has 0 aromatic rings. The van der Waals surface area contributed by atoms with Gasteiger partial charge in [0.15, 0.2) is 0 Å². The van der Waals surface area contributed by atoms with Crippen molar-refractivity contribution in [1.29, 1.82) is 0 Å². The lowest BCUT2D eigenvalue weighted by Crippen LogP contribution is -2.46. The van der Waals surface area contributed by atoms with Gasteiger partial charge < -0.3 is 14.2 Å². The summed E-state index contributed by atoms with van der Waals surface area (Å²) in [6.07, 6.45) is 5.96. The fraction of sp³-hybridized carbons (Fsp3) is 0.867. The molecule has 0 N–H and O–H groups in total. The van der Waals surface area contributed by atoms with Crippen LogP contribution in [0.2, 0.25) is 0 Å². The molecule has 6 nitrogen and oxygen atoms in total. The Kier molecular flexibility index (Phi) is 4.17. The molecule has 0 aromatic heterocycles. The van der Waals surface area contributed by atoms with Crippen LogP contribution in [-0.4, -0.2) is 48.0 Å². The molecule has 2 aliphatic heterocycles. The Balaban J connectivity index is 1.73. The molecule has 0 aromatic carbocycles. The van der Waals surface area contributed by atoms with E-state index < -0.39 is 18.0 Å². The van der Waals surface area contributed by atoms with Gasteiger partial charge in [0.05, 0.1) is 12.7 Å². The first-order valence-electron chi connectivity index (χ1n) is 8.00. The van der Waals surface area contributed by atoms with E-state index in [0.29, 0.717) is 13.0 Å². The van der Waals surface area contributed by atoms with Crippen LogP contribution in [0.25, 0.3) is 0 Å². The van der Waals surface area contributed by atoms with Gasteiger partial charge >= 0.3 is 5.97 Å². The van der Waals surface area contributed by atoms with Crippen molar-refractivity contribution in [2.24, 2.45) is 0 Å². The zero-order valence-electron chi connectivity index (χ0n) is 12.5. The fourth-order valence-corrected chi connectivity index (χ4v) is 3.50. The molecule has 3 rings (SSSR count). The molecule has 118 valence electrons. The zero-order chi connectivity index (χ0) is 14.9. The van der Waals surface area contributed by atoms with Crippen molar-refractivity contribution in [1.82, 2.24) is 4.90 Å². The molecule has 0 radical (unpaired) electrons. The number of hydrogen-bond acceptors (Lipinski definition) is 5. The number of amides is 1. The van der Waals surface area contributed by atoms with Crippen molar-refractivity contribution in [3.8, 4) is 0 Å².